The molecule has 0 spiro atoms. The maximum Gasteiger partial charge on any atom is 2.00 e. The van der Waals surface area contributed by atoms with Crippen LogP contribution >= 0.6 is 0 Å². The van der Waals surface area contributed by atoms with Crippen LogP contribution in [-0.2, 0) is 84.4 Å². The quantitative estimate of drug-likeness (QED) is 0.163. The van der Waals surface area contributed by atoms with Crippen LogP contribution in [0.4, 0.5) is 0 Å². The van der Waals surface area contributed by atoms with Crippen molar-refractivity contribution in [1.82, 2.24) is 0 Å². The van der Waals surface area contributed by atoms with Crippen LogP contribution in [0.25, 0.3) is 33.4 Å². The number of benzene rings is 6. The molecular weight excluding hydrogens is 790 g/mol. The number of hydrogen-bond acceptors (Lipinski definition) is 0. The Morgan fingerprint density at radius 2 is 0.608 bits per heavy atom. The van der Waals surface area contributed by atoms with Crippen LogP contribution in [0.15, 0.2) is 91.0 Å². The van der Waals surface area contributed by atoms with Crippen LogP contribution in [0.2, 0.25) is 0 Å². The zero-order chi connectivity index (χ0) is 31.2. The van der Waals surface area contributed by atoms with Crippen molar-refractivity contribution in [2.45, 2.75) is 60.8 Å². The Morgan fingerprint density at radius 1 is 0.373 bits per heavy atom. The minimum absolute atomic E-state index is 0. The first kappa shape index (κ1) is 47.4. The Bertz CT molecular complexity index is 1880. The first-order valence-electron chi connectivity index (χ1n) is 16.1. The second-order valence-electron chi connectivity index (χ2n) is 13.0. The maximum absolute atomic E-state index is 3.48. The predicted octanol–water partition coefficient (Wildman–Crippen LogP) is 2.03. The Hall–Kier alpha value is -1.67. The minimum atomic E-state index is 0. The first-order valence-corrected chi connectivity index (χ1v) is 16.1. The second-order valence-corrected chi connectivity index (χ2v) is 13.0. The molecule has 0 N–H and O–H groups in total. The van der Waals surface area contributed by atoms with Gasteiger partial charge in [-0.1, -0.05) is 148 Å². The maximum atomic E-state index is 3.48. The fraction of sp³-hybridized carbons (Fsp3) is 0.200. The third-order valence-electron chi connectivity index (χ3n) is 9.39. The Morgan fingerprint density at radius 3 is 0.863 bits per heavy atom. The molecule has 0 saturated carbocycles. The summed E-state index contributed by atoms with van der Waals surface area (Å²) >= 11 is 0. The third-order valence-corrected chi connectivity index (χ3v) is 9.39. The molecule has 0 atom stereocenters. The number of rotatable bonds is 0. The molecule has 0 bridgehead atoms. The topological polar surface area (TPSA) is 0 Å². The van der Waals surface area contributed by atoms with Gasteiger partial charge in [0.25, 0.3) is 0 Å². The molecule has 6 heteroatoms. The van der Waals surface area contributed by atoms with Gasteiger partial charge >= 0.3 is 65.2 Å². The van der Waals surface area contributed by atoms with Gasteiger partial charge in [0.2, 0.25) is 0 Å². The molecule has 0 aromatic heterocycles. The molecule has 6 aromatic carbocycles. The van der Waals surface area contributed by atoms with Crippen molar-refractivity contribution in [3.8, 4) is 33.4 Å². The zero-order valence-corrected chi connectivity index (χ0v) is 36.9. The SMILES string of the molecule is Cc1[c-]c2c(c(C)c1)-c1ccccc1C2.Cc1[c-]c2c(c(C)c1)-c1ccccc1C2.Cc1[c-]c2c(c(C)c1)-c1ccccc1C2.[Cl-].[Cl-].[Cl-].[Ti+2].[Ti+2].[Ti+2]. The molecule has 0 heterocycles. The molecule has 9 rings (SSSR count). The smallest absolute Gasteiger partial charge is 1.00 e. The van der Waals surface area contributed by atoms with E-state index in [1.165, 1.54) is 100 Å². The molecule has 0 fully saturated rings. The van der Waals surface area contributed by atoms with Crippen molar-refractivity contribution in [1.29, 1.82) is 0 Å². The molecule has 0 radical (unpaired) electrons. The van der Waals surface area contributed by atoms with Crippen LogP contribution in [0.1, 0.15) is 66.8 Å². The molecule has 0 amide bonds. The van der Waals surface area contributed by atoms with Crippen molar-refractivity contribution in [3.05, 3.63) is 176 Å². The average molecular weight is 830 g/mol. The van der Waals surface area contributed by atoms with Gasteiger partial charge in [0.1, 0.15) is 0 Å². The van der Waals surface area contributed by atoms with E-state index in [1.807, 2.05) is 0 Å². The standard InChI is InChI=1S/3C15H13.3ClH.3Ti/c3*1-10-7-11(2)15-13(8-10)9-12-5-3-4-6-14(12)15;;;;;;/h3*3-7H,9H2,1-2H3;3*1H;;;/q3*-1;;;;3*+2/p-3. The Labute approximate surface area is 368 Å². The summed E-state index contributed by atoms with van der Waals surface area (Å²) in [6, 6.07) is 43.1. The molecule has 0 nitrogen and oxygen atoms in total. The van der Waals surface area contributed by atoms with E-state index >= 15 is 0 Å². The van der Waals surface area contributed by atoms with E-state index < -0.39 is 0 Å². The minimum Gasteiger partial charge on any atom is -1.00 e. The fourth-order valence-electron chi connectivity index (χ4n) is 7.76. The van der Waals surface area contributed by atoms with Gasteiger partial charge in [0, 0.05) is 0 Å². The van der Waals surface area contributed by atoms with E-state index in [9.17, 15) is 0 Å². The summed E-state index contributed by atoms with van der Waals surface area (Å²) in [5.74, 6) is 0. The van der Waals surface area contributed by atoms with Crippen LogP contribution in [-0.4, -0.2) is 0 Å². The summed E-state index contributed by atoms with van der Waals surface area (Å²) in [5.41, 5.74) is 24.8. The molecule has 0 saturated heterocycles. The van der Waals surface area contributed by atoms with Gasteiger partial charge in [0.15, 0.2) is 0 Å². The van der Waals surface area contributed by atoms with E-state index in [0.29, 0.717) is 0 Å². The van der Waals surface area contributed by atoms with Gasteiger partial charge < -0.3 is 37.2 Å². The van der Waals surface area contributed by atoms with Crippen LogP contribution in [0.3, 0.4) is 0 Å². The summed E-state index contributed by atoms with van der Waals surface area (Å²) in [4.78, 5) is 0. The molecular formula is C45H39Cl3Ti3. The number of fused-ring (bicyclic) bond motifs is 9. The molecule has 51 heavy (non-hydrogen) atoms. The van der Waals surface area contributed by atoms with Gasteiger partial charge in [-0.05, 0) is 19.3 Å². The predicted molar refractivity (Wildman–Crippen MR) is 189 cm³/mol. The molecule has 252 valence electrons. The summed E-state index contributed by atoms with van der Waals surface area (Å²) in [5, 5.41) is 0. The fourth-order valence-corrected chi connectivity index (χ4v) is 7.76. The third kappa shape index (κ3) is 9.72. The Kier molecular flexibility index (Phi) is 18.7. The zero-order valence-electron chi connectivity index (χ0n) is 29.9. The average Bonchev–Trinajstić information content (AvgIpc) is 3.68. The largest absolute Gasteiger partial charge is 2.00 e. The van der Waals surface area contributed by atoms with Crippen molar-refractivity contribution in [3.63, 3.8) is 0 Å². The van der Waals surface area contributed by atoms with E-state index in [1.54, 1.807) is 0 Å². The first-order chi connectivity index (χ1) is 21.8. The second kappa shape index (κ2) is 20.1. The molecule has 3 aliphatic carbocycles. The van der Waals surface area contributed by atoms with Gasteiger partial charge in [-0.25, -0.2) is 0 Å². The summed E-state index contributed by atoms with van der Waals surface area (Å²) in [6.07, 6.45) is 3.15. The normalized spacial score (nSPS) is 10.9. The van der Waals surface area contributed by atoms with Gasteiger partial charge in [0.05, 0.1) is 0 Å². The number of aryl methyl sites for hydroxylation is 6. The summed E-state index contributed by atoms with van der Waals surface area (Å²) in [7, 11) is 0. The molecule has 6 aromatic rings. The van der Waals surface area contributed by atoms with Gasteiger partial charge in [-0.3, -0.25) is 0 Å². The molecule has 0 aliphatic heterocycles. The summed E-state index contributed by atoms with van der Waals surface area (Å²) in [6.45, 7) is 13.0. The van der Waals surface area contributed by atoms with Crippen molar-refractivity contribution < 1.29 is 102 Å². The monoisotopic (exact) mass is 828 g/mol. The van der Waals surface area contributed by atoms with E-state index in [4.69, 9.17) is 0 Å². The molecule has 3 aliphatic rings. The van der Waals surface area contributed by atoms with Crippen LogP contribution in [0, 0.1) is 59.7 Å². The van der Waals surface area contributed by atoms with E-state index in [-0.39, 0.29) is 102 Å². The molecule has 0 unspecified atom stereocenters. The van der Waals surface area contributed by atoms with Gasteiger partial charge in [-0.15, -0.1) is 33.4 Å². The Balaban J connectivity index is 0.000000361. The van der Waals surface area contributed by atoms with Crippen molar-refractivity contribution in [2.75, 3.05) is 0 Å². The van der Waals surface area contributed by atoms with Crippen LogP contribution < -0.4 is 37.2 Å². The van der Waals surface area contributed by atoms with Crippen molar-refractivity contribution in [2.24, 2.45) is 0 Å². The summed E-state index contributed by atoms with van der Waals surface area (Å²) < 4.78 is 0. The van der Waals surface area contributed by atoms with E-state index in [0.717, 1.165) is 19.3 Å². The van der Waals surface area contributed by atoms with Crippen molar-refractivity contribution >= 4 is 0 Å². The van der Waals surface area contributed by atoms with Gasteiger partial charge in [-0.2, -0.15) is 69.8 Å². The van der Waals surface area contributed by atoms with E-state index in [2.05, 4.69) is 151 Å². The number of hydrogen-bond donors (Lipinski definition) is 0. The van der Waals surface area contributed by atoms with Crippen LogP contribution in [0.5, 0.6) is 0 Å². The number of halogens is 3.